The highest BCUT2D eigenvalue weighted by atomic mass is 16.5. The summed E-state index contributed by atoms with van der Waals surface area (Å²) < 4.78 is 5.96. The van der Waals surface area contributed by atoms with E-state index in [2.05, 4.69) is 24.1 Å². The number of rotatable bonds is 5. The molecule has 2 fully saturated rings. The van der Waals surface area contributed by atoms with Gasteiger partial charge in [-0.3, -0.25) is 9.78 Å². The van der Waals surface area contributed by atoms with Gasteiger partial charge in [0, 0.05) is 38.1 Å². The lowest BCUT2D eigenvalue weighted by Gasteiger charge is -2.38. The number of fused-ring (bicyclic) bond motifs is 1. The SMILES string of the molecule is CC1CN(c2cnc3ccc(-c4cccc(O)c4)cc3c2C(=O)N(C)C[C@@H]2CCCN2)CC(C)O1. The Morgan fingerprint density at radius 2 is 1.94 bits per heavy atom. The summed E-state index contributed by atoms with van der Waals surface area (Å²) in [4.78, 5) is 22.9. The number of nitrogens with zero attached hydrogens (tertiary/aromatic N) is 3. The molecule has 0 bridgehead atoms. The number of hydrogen-bond donors (Lipinski definition) is 2. The van der Waals surface area contributed by atoms with Crippen molar-refractivity contribution in [1.82, 2.24) is 15.2 Å². The Kier molecular flexibility index (Phi) is 6.62. The number of carbonyl (C=O) groups excluding carboxylic acids is 1. The van der Waals surface area contributed by atoms with Crippen molar-refractivity contribution in [3.8, 4) is 16.9 Å². The van der Waals surface area contributed by atoms with Crippen molar-refractivity contribution in [2.24, 2.45) is 0 Å². The second-order valence-electron chi connectivity index (χ2n) is 9.94. The smallest absolute Gasteiger partial charge is 0.256 e. The van der Waals surface area contributed by atoms with Crippen molar-refractivity contribution >= 4 is 22.5 Å². The topological polar surface area (TPSA) is 77.9 Å². The van der Waals surface area contributed by atoms with Crippen LogP contribution in [0.2, 0.25) is 0 Å². The number of amides is 1. The van der Waals surface area contributed by atoms with Crippen LogP contribution in [-0.4, -0.2) is 72.4 Å². The fraction of sp³-hybridized carbons (Fsp3) is 0.429. The van der Waals surface area contributed by atoms with Crippen molar-refractivity contribution in [2.75, 3.05) is 38.1 Å². The molecule has 2 unspecified atom stereocenters. The van der Waals surface area contributed by atoms with Gasteiger partial charge < -0.3 is 25.0 Å². The molecule has 1 aromatic heterocycles. The van der Waals surface area contributed by atoms with Crippen LogP contribution in [0, 0.1) is 0 Å². The number of pyridine rings is 1. The number of aromatic hydroxyl groups is 1. The van der Waals surface area contributed by atoms with Gasteiger partial charge in [-0.05, 0) is 68.6 Å². The van der Waals surface area contributed by atoms with Crippen molar-refractivity contribution in [2.45, 2.75) is 44.9 Å². The molecular weight excluding hydrogens is 440 g/mol. The van der Waals surface area contributed by atoms with Crippen molar-refractivity contribution in [3.05, 3.63) is 54.2 Å². The van der Waals surface area contributed by atoms with E-state index < -0.39 is 0 Å². The van der Waals surface area contributed by atoms with Crippen LogP contribution < -0.4 is 10.2 Å². The second kappa shape index (κ2) is 9.84. The van der Waals surface area contributed by atoms with Gasteiger partial charge in [0.15, 0.2) is 0 Å². The Hall–Kier alpha value is -3.16. The predicted molar refractivity (Wildman–Crippen MR) is 139 cm³/mol. The van der Waals surface area contributed by atoms with Gasteiger partial charge in [-0.15, -0.1) is 0 Å². The summed E-state index contributed by atoms with van der Waals surface area (Å²) in [5.41, 5.74) is 4.14. The highest BCUT2D eigenvalue weighted by molar-refractivity contribution is 6.11. The molecule has 1 amide bonds. The van der Waals surface area contributed by atoms with E-state index in [9.17, 15) is 9.90 Å². The quantitative estimate of drug-likeness (QED) is 0.581. The number of likely N-dealkylation sites (N-methyl/N-ethyl adjacent to an activating group) is 1. The van der Waals surface area contributed by atoms with E-state index in [0.29, 0.717) is 31.2 Å². The molecule has 0 spiro atoms. The highest BCUT2D eigenvalue weighted by Gasteiger charge is 2.29. The third-order valence-corrected chi connectivity index (χ3v) is 7.00. The van der Waals surface area contributed by atoms with Crippen LogP contribution in [0.4, 0.5) is 5.69 Å². The summed E-state index contributed by atoms with van der Waals surface area (Å²) in [7, 11) is 1.89. The molecule has 2 N–H and O–H groups in total. The summed E-state index contributed by atoms with van der Waals surface area (Å²) in [5.74, 6) is 0.215. The van der Waals surface area contributed by atoms with Crippen LogP contribution in [0.25, 0.3) is 22.0 Å². The molecule has 2 aliphatic heterocycles. The number of aromatic nitrogens is 1. The Morgan fingerprint density at radius 3 is 2.66 bits per heavy atom. The highest BCUT2D eigenvalue weighted by Crippen LogP contribution is 2.34. The molecule has 2 aliphatic rings. The lowest BCUT2D eigenvalue weighted by molar-refractivity contribution is -0.00530. The molecule has 0 saturated carbocycles. The van der Waals surface area contributed by atoms with E-state index in [0.717, 1.165) is 47.1 Å². The fourth-order valence-electron chi connectivity index (χ4n) is 5.40. The standard InChI is InChI=1S/C28H34N4O3/c1-18-15-32(16-19(2)35-18)26-14-30-25-10-9-21(20-6-4-8-23(33)12-20)13-24(25)27(26)28(34)31(3)17-22-7-5-11-29-22/h4,6,8-10,12-14,18-19,22,29,33H,5,7,11,15-17H2,1-3H3/t18?,19?,22-/m0/s1. The number of ether oxygens (including phenoxy) is 1. The van der Waals surface area contributed by atoms with Gasteiger partial charge in [0.2, 0.25) is 0 Å². The summed E-state index contributed by atoms with van der Waals surface area (Å²) in [6.07, 6.45) is 4.21. The van der Waals surface area contributed by atoms with Crippen LogP contribution in [0.15, 0.2) is 48.7 Å². The number of hydrogen-bond acceptors (Lipinski definition) is 6. The van der Waals surface area contributed by atoms with E-state index in [1.807, 2.05) is 48.5 Å². The Bertz CT molecular complexity index is 1210. The minimum atomic E-state index is 0.000886. The average Bonchev–Trinajstić information content (AvgIpc) is 3.35. The third kappa shape index (κ3) is 4.97. The first-order valence-electron chi connectivity index (χ1n) is 12.5. The number of anilines is 1. The summed E-state index contributed by atoms with van der Waals surface area (Å²) in [6, 6.07) is 13.5. The van der Waals surface area contributed by atoms with E-state index in [1.54, 1.807) is 12.1 Å². The van der Waals surface area contributed by atoms with Gasteiger partial charge in [-0.1, -0.05) is 18.2 Å². The maximum absolute atomic E-state index is 14.0. The molecule has 0 radical (unpaired) electrons. The number of carbonyl (C=O) groups is 1. The Balaban J connectivity index is 1.62. The molecule has 0 aliphatic carbocycles. The summed E-state index contributed by atoms with van der Waals surface area (Å²) in [5, 5.41) is 14.3. The Morgan fingerprint density at radius 1 is 1.17 bits per heavy atom. The molecule has 35 heavy (non-hydrogen) atoms. The molecule has 2 aromatic carbocycles. The second-order valence-corrected chi connectivity index (χ2v) is 9.94. The minimum Gasteiger partial charge on any atom is -0.508 e. The van der Waals surface area contributed by atoms with E-state index in [-0.39, 0.29) is 23.9 Å². The number of nitrogens with one attached hydrogen (secondary N) is 1. The molecule has 7 nitrogen and oxygen atoms in total. The largest absolute Gasteiger partial charge is 0.508 e. The van der Waals surface area contributed by atoms with Crippen LogP contribution in [0.5, 0.6) is 5.75 Å². The Labute approximate surface area is 206 Å². The predicted octanol–water partition coefficient (Wildman–Crippen LogP) is 4.05. The third-order valence-electron chi connectivity index (χ3n) is 7.00. The van der Waals surface area contributed by atoms with E-state index in [4.69, 9.17) is 9.72 Å². The monoisotopic (exact) mass is 474 g/mol. The van der Waals surface area contributed by atoms with Gasteiger partial charge in [-0.25, -0.2) is 0 Å². The summed E-state index contributed by atoms with van der Waals surface area (Å²) in [6.45, 7) is 7.22. The first kappa shape index (κ1) is 23.6. The molecule has 3 heterocycles. The van der Waals surface area contributed by atoms with Crippen molar-refractivity contribution < 1.29 is 14.6 Å². The van der Waals surface area contributed by atoms with Gasteiger partial charge in [0.05, 0.1) is 35.2 Å². The van der Waals surface area contributed by atoms with Gasteiger partial charge >= 0.3 is 0 Å². The lowest BCUT2D eigenvalue weighted by Crippen LogP contribution is -2.46. The molecule has 2 saturated heterocycles. The first-order chi connectivity index (χ1) is 16.9. The van der Waals surface area contributed by atoms with Gasteiger partial charge in [-0.2, -0.15) is 0 Å². The zero-order valence-electron chi connectivity index (χ0n) is 20.7. The zero-order valence-corrected chi connectivity index (χ0v) is 20.7. The van der Waals surface area contributed by atoms with E-state index in [1.165, 1.54) is 0 Å². The molecule has 5 rings (SSSR count). The number of benzene rings is 2. The number of phenols is 1. The molecule has 3 atom stereocenters. The van der Waals surface area contributed by atoms with Gasteiger partial charge in [0.1, 0.15) is 5.75 Å². The first-order valence-corrected chi connectivity index (χ1v) is 12.5. The molecule has 184 valence electrons. The molecule has 7 heteroatoms. The number of morpholine rings is 1. The van der Waals surface area contributed by atoms with Gasteiger partial charge in [0.25, 0.3) is 5.91 Å². The normalized spacial score (nSPS) is 22.5. The van der Waals surface area contributed by atoms with Crippen LogP contribution in [0.1, 0.15) is 37.0 Å². The molecule has 3 aromatic rings. The van der Waals surface area contributed by atoms with Crippen LogP contribution in [-0.2, 0) is 4.74 Å². The van der Waals surface area contributed by atoms with E-state index >= 15 is 0 Å². The lowest BCUT2D eigenvalue weighted by atomic mass is 9.98. The summed E-state index contributed by atoms with van der Waals surface area (Å²) >= 11 is 0. The number of phenolic OH excluding ortho intramolecular Hbond substituents is 1. The van der Waals surface area contributed by atoms with Crippen molar-refractivity contribution in [3.63, 3.8) is 0 Å². The maximum Gasteiger partial charge on any atom is 0.256 e. The van der Waals surface area contributed by atoms with Crippen molar-refractivity contribution in [1.29, 1.82) is 0 Å². The minimum absolute atomic E-state index is 0.000886. The zero-order chi connectivity index (χ0) is 24.5. The average molecular weight is 475 g/mol. The van der Waals surface area contributed by atoms with Crippen LogP contribution in [0.3, 0.4) is 0 Å². The maximum atomic E-state index is 14.0. The molecular formula is C28H34N4O3. The van der Waals surface area contributed by atoms with Crippen LogP contribution >= 0.6 is 0 Å². The fourth-order valence-corrected chi connectivity index (χ4v) is 5.40.